The van der Waals surface area contributed by atoms with E-state index in [-0.39, 0.29) is 11.7 Å². The predicted molar refractivity (Wildman–Crippen MR) is 60.3 cm³/mol. The van der Waals surface area contributed by atoms with Crippen molar-refractivity contribution in [2.24, 2.45) is 11.7 Å². The van der Waals surface area contributed by atoms with Crippen molar-refractivity contribution < 1.29 is 9.59 Å². The number of amides is 1. The van der Waals surface area contributed by atoms with E-state index in [2.05, 4.69) is 5.32 Å². The Morgan fingerprint density at radius 1 is 1.31 bits per heavy atom. The van der Waals surface area contributed by atoms with Gasteiger partial charge >= 0.3 is 0 Å². The molecule has 4 heteroatoms. The molecule has 1 atom stereocenters. The van der Waals surface area contributed by atoms with Gasteiger partial charge in [0.15, 0.2) is 5.78 Å². The standard InChI is InChI=1S/C12H14N2O2/c13-12(16)9-3-1-2-8(6-9)11(15)10-4-5-14-7-10/h1-3,6,10,14H,4-5,7H2,(H2,13,16). The van der Waals surface area contributed by atoms with Crippen molar-refractivity contribution in [2.75, 3.05) is 13.1 Å². The number of hydrogen-bond acceptors (Lipinski definition) is 3. The van der Waals surface area contributed by atoms with E-state index in [9.17, 15) is 9.59 Å². The fourth-order valence-electron chi connectivity index (χ4n) is 1.94. The first kappa shape index (κ1) is 10.8. The lowest BCUT2D eigenvalue weighted by Gasteiger charge is -2.07. The Morgan fingerprint density at radius 3 is 2.69 bits per heavy atom. The van der Waals surface area contributed by atoms with Crippen molar-refractivity contribution in [1.29, 1.82) is 0 Å². The maximum Gasteiger partial charge on any atom is 0.248 e. The van der Waals surface area contributed by atoms with Crippen LogP contribution in [0.15, 0.2) is 24.3 Å². The summed E-state index contributed by atoms with van der Waals surface area (Å²) in [4.78, 5) is 23.0. The molecule has 0 saturated carbocycles. The molecule has 1 aromatic carbocycles. The van der Waals surface area contributed by atoms with Gasteiger partial charge in [-0.1, -0.05) is 12.1 Å². The van der Waals surface area contributed by atoms with Crippen LogP contribution in [0, 0.1) is 5.92 Å². The van der Waals surface area contributed by atoms with Gasteiger partial charge in [-0.15, -0.1) is 0 Å². The molecule has 2 rings (SSSR count). The fraction of sp³-hybridized carbons (Fsp3) is 0.333. The number of Topliss-reactive ketones (excluding diaryl/α,β-unsaturated/α-hetero) is 1. The number of ketones is 1. The van der Waals surface area contributed by atoms with Crippen LogP contribution >= 0.6 is 0 Å². The number of hydrogen-bond donors (Lipinski definition) is 2. The summed E-state index contributed by atoms with van der Waals surface area (Å²) in [5.74, 6) is -0.379. The third-order valence-corrected chi connectivity index (χ3v) is 2.86. The van der Waals surface area contributed by atoms with Gasteiger partial charge in [-0.25, -0.2) is 0 Å². The quantitative estimate of drug-likeness (QED) is 0.729. The normalized spacial score (nSPS) is 19.6. The molecule has 1 aliphatic heterocycles. The highest BCUT2D eigenvalue weighted by atomic mass is 16.1. The van der Waals surface area contributed by atoms with Gasteiger partial charge in [0.25, 0.3) is 0 Å². The van der Waals surface area contributed by atoms with E-state index in [0.717, 1.165) is 19.5 Å². The summed E-state index contributed by atoms with van der Waals surface area (Å²) in [6, 6.07) is 6.61. The molecule has 1 amide bonds. The van der Waals surface area contributed by atoms with Gasteiger partial charge in [0.05, 0.1) is 0 Å². The Balaban J connectivity index is 2.22. The highest BCUT2D eigenvalue weighted by Gasteiger charge is 2.23. The monoisotopic (exact) mass is 218 g/mol. The van der Waals surface area contributed by atoms with E-state index < -0.39 is 5.91 Å². The minimum Gasteiger partial charge on any atom is -0.366 e. The van der Waals surface area contributed by atoms with Crippen molar-refractivity contribution in [3.8, 4) is 0 Å². The van der Waals surface area contributed by atoms with Crippen LogP contribution in [0.2, 0.25) is 0 Å². The van der Waals surface area contributed by atoms with Crippen LogP contribution in [0.5, 0.6) is 0 Å². The molecule has 1 saturated heterocycles. The number of nitrogens with one attached hydrogen (secondary N) is 1. The summed E-state index contributed by atoms with van der Waals surface area (Å²) in [6.45, 7) is 1.60. The second-order valence-corrected chi connectivity index (χ2v) is 4.00. The van der Waals surface area contributed by atoms with Gasteiger partial charge in [-0.3, -0.25) is 9.59 Å². The van der Waals surface area contributed by atoms with Crippen LogP contribution in [-0.4, -0.2) is 24.8 Å². The summed E-state index contributed by atoms with van der Waals surface area (Å²) in [6.07, 6.45) is 0.861. The van der Waals surface area contributed by atoms with Crippen LogP contribution in [0.1, 0.15) is 27.1 Å². The van der Waals surface area contributed by atoms with Crippen molar-refractivity contribution >= 4 is 11.7 Å². The van der Waals surface area contributed by atoms with Gasteiger partial charge in [0.2, 0.25) is 5.91 Å². The van der Waals surface area contributed by atoms with Crippen LogP contribution in [0.3, 0.4) is 0 Å². The van der Waals surface area contributed by atoms with Crippen LogP contribution in [0.25, 0.3) is 0 Å². The van der Waals surface area contributed by atoms with Gasteiger partial charge in [-0.05, 0) is 25.1 Å². The van der Waals surface area contributed by atoms with Gasteiger partial charge in [0.1, 0.15) is 0 Å². The van der Waals surface area contributed by atoms with Crippen molar-refractivity contribution in [1.82, 2.24) is 5.32 Å². The maximum absolute atomic E-state index is 12.0. The lowest BCUT2D eigenvalue weighted by molar-refractivity contribution is 0.0930. The molecule has 1 fully saturated rings. The van der Waals surface area contributed by atoms with Crippen molar-refractivity contribution in [2.45, 2.75) is 6.42 Å². The Hall–Kier alpha value is -1.68. The lowest BCUT2D eigenvalue weighted by atomic mass is 9.96. The molecule has 0 bridgehead atoms. The molecule has 0 aliphatic carbocycles. The maximum atomic E-state index is 12.0. The second-order valence-electron chi connectivity index (χ2n) is 4.00. The summed E-state index contributed by atoms with van der Waals surface area (Å²) in [5.41, 5.74) is 6.13. The van der Waals surface area contributed by atoms with Crippen molar-refractivity contribution in [3.05, 3.63) is 35.4 Å². The lowest BCUT2D eigenvalue weighted by Crippen LogP contribution is -2.19. The molecule has 3 N–H and O–H groups in total. The summed E-state index contributed by atoms with van der Waals surface area (Å²) >= 11 is 0. The molecule has 1 heterocycles. The van der Waals surface area contributed by atoms with E-state index in [1.807, 2.05) is 0 Å². The largest absolute Gasteiger partial charge is 0.366 e. The number of benzene rings is 1. The van der Waals surface area contributed by atoms with E-state index in [1.54, 1.807) is 24.3 Å². The highest BCUT2D eigenvalue weighted by molar-refractivity contribution is 6.01. The zero-order valence-corrected chi connectivity index (χ0v) is 8.90. The van der Waals surface area contributed by atoms with Crippen molar-refractivity contribution in [3.63, 3.8) is 0 Å². The van der Waals surface area contributed by atoms with Gasteiger partial charge in [-0.2, -0.15) is 0 Å². The topological polar surface area (TPSA) is 72.2 Å². The van der Waals surface area contributed by atoms with E-state index in [0.29, 0.717) is 11.1 Å². The average Bonchev–Trinajstić information content (AvgIpc) is 2.81. The zero-order valence-electron chi connectivity index (χ0n) is 8.90. The van der Waals surface area contributed by atoms with Gasteiger partial charge < -0.3 is 11.1 Å². The van der Waals surface area contributed by atoms with E-state index >= 15 is 0 Å². The number of carbonyl (C=O) groups is 2. The first-order chi connectivity index (χ1) is 7.68. The molecule has 1 aliphatic rings. The molecular formula is C12H14N2O2. The molecule has 1 aromatic rings. The summed E-state index contributed by atoms with van der Waals surface area (Å²) in [7, 11) is 0. The Labute approximate surface area is 93.8 Å². The summed E-state index contributed by atoms with van der Waals surface area (Å²) < 4.78 is 0. The van der Waals surface area contributed by atoms with Gasteiger partial charge in [0, 0.05) is 23.6 Å². The first-order valence-electron chi connectivity index (χ1n) is 5.33. The smallest absolute Gasteiger partial charge is 0.248 e. The van der Waals surface area contributed by atoms with E-state index in [1.165, 1.54) is 0 Å². The summed E-state index contributed by atoms with van der Waals surface area (Å²) in [5, 5.41) is 3.15. The van der Waals surface area contributed by atoms with E-state index in [4.69, 9.17) is 5.73 Å². The SMILES string of the molecule is NC(=O)c1cccc(C(=O)C2CCNC2)c1. The van der Waals surface area contributed by atoms with Crippen LogP contribution in [0.4, 0.5) is 0 Å². The first-order valence-corrected chi connectivity index (χ1v) is 5.33. The number of carbonyl (C=O) groups excluding carboxylic acids is 2. The third-order valence-electron chi connectivity index (χ3n) is 2.86. The zero-order chi connectivity index (χ0) is 11.5. The number of primary amides is 1. The molecule has 4 nitrogen and oxygen atoms in total. The minimum absolute atomic E-state index is 0.0307. The predicted octanol–water partition coefficient (Wildman–Crippen LogP) is 0.578. The molecule has 16 heavy (non-hydrogen) atoms. The fourth-order valence-corrected chi connectivity index (χ4v) is 1.94. The molecule has 0 radical (unpaired) electrons. The Morgan fingerprint density at radius 2 is 2.06 bits per heavy atom. The number of rotatable bonds is 3. The van der Waals surface area contributed by atoms with Crippen LogP contribution < -0.4 is 11.1 Å². The third kappa shape index (κ3) is 2.12. The minimum atomic E-state index is -0.501. The van der Waals surface area contributed by atoms with Crippen LogP contribution in [-0.2, 0) is 0 Å². The molecular weight excluding hydrogens is 204 g/mol. The molecule has 0 spiro atoms. The molecule has 84 valence electrons. The Kier molecular flexibility index (Phi) is 3.01. The molecule has 1 unspecified atom stereocenters. The number of nitrogens with two attached hydrogens (primary N) is 1. The second kappa shape index (κ2) is 4.45. The average molecular weight is 218 g/mol. The highest BCUT2D eigenvalue weighted by Crippen LogP contribution is 2.16. The molecule has 0 aromatic heterocycles. The Bertz CT molecular complexity index is 423.